The van der Waals surface area contributed by atoms with Crippen LogP contribution in [-0.4, -0.2) is 33.7 Å². The third-order valence-electron chi connectivity index (χ3n) is 9.22. The van der Waals surface area contributed by atoms with Gasteiger partial charge in [0, 0.05) is 5.02 Å². The number of carbonyl (C=O) groups is 4. The molecule has 6 atom stereocenters. The van der Waals surface area contributed by atoms with E-state index < -0.39 is 58.5 Å². The molecular formula is C31H25ClFN3O6. The van der Waals surface area contributed by atoms with Gasteiger partial charge in [0.25, 0.3) is 11.8 Å². The van der Waals surface area contributed by atoms with E-state index >= 15 is 0 Å². The molecule has 0 radical (unpaired) electrons. The summed E-state index contributed by atoms with van der Waals surface area (Å²) in [5.74, 6) is -5.26. The summed E-state index contributed by atoms with van der Waals surface area (Å²) in [5.41, 5.74) is 2.95. The lowest BCUT2D eigenvalue weighted by Gasteiger charge is -2.49. The molecule has 1 saturated carbocycles. The van der Waals surface area contributed by atoms with E-state index in [1.807, 2.05) is 6.08 Å². The minimum absolute atomic E-state index is 0.132. The number of furan rings is 1. The second kappa shape index (κ2) is 9.64. The van der Waals surface area contributed by atoms with Gasteiger partial charge < -0.3 is 9.52 Å². The summed E-state index contributed by atoms with van der Waals surface area (Å²) in [6, 6.07) is 15.3. The van der Waals surface area contributed by atoms with Crippen molar-refractivity contribution in [2.24, 2.45) is 23.7 Å². The van der Waals surface area contributed by atoms with Crippen molar-refractivity contribution in [2.45, 2.75) is 30.8 Å². The van der Waals surface area contributed by atoms with Gasteiger partial charge in [-0.2, -0.15) is 5.01 Å². The number of halogens is 2. The van der Waals surface area contributed by atoms with Crippen LogP contribution in [0.5, 0.6) is 0 Å². The van der Waals surface area contributed by atoms with Crippen LogP contribution in [0.1, 0.15) is 35.8 Å². The topological polar surface area (TPSA) is 129 Å². The molecule has 2 saturated heterocycles. The van der Waals surface area contributed by atoms with Gasteiger partial charge in [0.15, 0.2) is 0 Å². The number of rotatable bonds is 5. The molecular weight excluding hydrogens is 565 g/mol. The maximum absolute atomic E-state index is 14.8. The molecule has 3 aromatic rings. The number of nitrogens with zero attached hydrogens (tertiary/aromatic N) is 1. The largest absolute Gasteiger partial charge is 0.463 e. The SMILES string of the molecule is O=C1NC(=O)[C@H]2CC=C3[C@@H](C[C@H]4C(=O)N(Nc5ccc(F)cc5)C(=O)[C@@]4(c4ccc(Cl)cc4)[C@H]3c3ccc(CO)o3)[C@@H]12. The summed E-state index contributed by atoms with van der Waals surface area (Å²) >= 11 is 6.24. The predicted molar refractivity (Wildman–Crippen MR) is 147 cm³/mol. The van der Waals surface area contributed by atoms with Crippen molar-refractivity contribution in [3.05, 3.63) is 100 Å². The summed E-state index contributed by atoms with van der Waals surface area (Å²) in [6.07, 6.45) is 2.32. The highest BCUT2D eigenvalue weighted by molar-refractivity contribution is 6.30. The van der Waals surface area contributed by atoms with Gasteiger partial charge in [-0.3, -0.25) is 29.9 Å². The molecule has 0 spiro atoms. The molecule has 2 aromatic carbocycles. The molecule has 2 aliphatic carbocycles. The molecule has 1 aromatic heterocycles. The molecule has 0 bridgehead atoms. The molecule has 42 heavy (non-hydrogen) atoms. The first-order chi connectivity index (χ1) is 20.2. The number of allylic oxidation sites excluding steroid dienone is 2. The van der Waals surface area contributed by atoms with Gasteiger partial charge in [0.2, 0.25) is 11.8 Å². The van der Waals surface area contributed by atoms with Crippen LogP contribution in [0.25, 0.3) is 0 Å². The minimum atomic E-state index is -1.52. The Balaban J connectivity index is 1.46. The molecule has 0 unspecified atom stereocenters. The zero-order chi connectivity index (χ0) is 29.3. The van der Waals surface area contributed by atoms with Gasteiger partial charge in [-0.25, -0.2) is 4.39 Å². The smallest absolute Gasteiger partial charge is 0.260 e. The number of carbonyl (C=O) groups excluding carboxylic acids is 4. The second-order valence-corrected chi connectivity index (χ2v) is 11.6. The number of anilines is 1. The van der Waals surface area contributed by atoms with Crippen molar-refractivity contribution in [2.75, 3.05) is 5.43 Å². The Morgan fingerprint density at radius 1 is 1.00 bits per heavy atom. The van der Waals surface area contributed by atoms with Crippen molar-refractivity contribution in [1.29, 1.82) is 0 Å². The standard InChI is InChI=1S/C31H25ClFN3O6/c32-16-3-1-15(2-4-16)31-23(29(40)36(30(31)41)35-18-7-5-17(33)6-8-18)13-22-20(26(31)24-12-9-19(14-37)42-24)10-11-21-25(22)28(39)34-27(21)38/h1-10,12,21-23,25-26,35,37H,11,13-14H2,(H,34,38,39)/t21-,22+,23-,25-,26+,31+/m0/s1. The zero-order valence-corrected chi connectivity index (χ0v) is 22.8. The predicted octanol–water partition coefficient (Wildman–Crippen LogP) is 3.84. The molecule has 3 fully saturated rings. The number of fused-ring (bicyclic) bond motifs is 4. The third kappa shape index (κ3) is 3.71. The van der Waals surface area contributed by atoms with Crippen LogP contribution < -0.4 is 10.7 Å². The fraction of sp³-hybridized carbons (Fsp3) is 0.290. The highest BCUT2D eigenvalue weighted by Gasteiger charge is 2.70. The Labute approximate surface area is 244 Å². The Kier molecular flexibility index (Phi) is 6.11. The van der Waals surface area contributed by atoms with E-state index in [4.69, 9.17) is 16.0 Å². The lowest BCUT2D eigenvalue weighted by molar-refractivity contribution is -0.139. The molecule has 9 nitrogen and oxygen atoms in total. The second-order valence-electron chi connectivity index (χ2n) is 11.2. The van der Waals surface area contributed by atoms with Crippen molar-refractivity contribution in [1.82, 2.24) is 10.3 Å². The van der Waals surface area contributed by atoms with E-state index in [1.165, 1.54) is 24.3 Å². The first kappa shape index (κ1) is 26.6. The zero-order valence-electron chi connectivity index (χ0n) is 22.1. The van der Waals surface area contributed by atoms with E-state index in [9.17, 15) is 28.7 Å². The molecule has 4 amide bonds. The van der Waals surface area contributed by atoms with Crippen LogP contribution in [0, 0.1) is 29.5 Å². The maximum atomic E-state index is 14.8. The van der Waals surface area contributed by atoms with Crippen molar-refractivity contribution < 1.29 is 33.1 Å². The van der Waals surface area contributed by atoms with E-state index in [2.05, 4.69) is 10.7 Å². The van der Waals surface area contributed by atoms with E-state index in [1.54, 1.807) is 36.4 Å². The monoisotopic (exact) mass is 589 g/mol. The Hall–Kier alpha value is -4.28. The summed E-state index contributed by atoms with van der Waals surface area (Å²) in [4.78, 5) is 54.8. The van der Waals surface area contributed by atoms with Gasteiger partial charge in [-0.1, -0.05) is 35.4 Å². The fourth-order valence-corrected chi connectivity index (χ4v) is 7.64. The maximum Gasteiger partial charge on any atom is 0.260 e. The molecule has 4 aliphatic rings. The van der Waals surface area contributed by atoms with Crippen molar-refractivity contribution in [3.8, 4) is 0 Å². The number of aliphatic hydroxyl groups excluding tert-OH is 1. The van der Waals surface area contributed by atoms with E-state index in [0.29, 0.717) is 28.5 Å². The van der Waals surface area contributed by atoms with Gasteiger partial charge >= 0.3 is 0 Å². The number of nitrogens with one attached hydrogen (secondary N) is 2. The minimum Gasteiger partial charge on any atom is -0.463 e. The quantitative estimate of drug-likeness (QED) is 0.305. The number of hydrazine groups is 1. The summed E-state index contributed by atoms with van der Waals surface area (Å²) in [5, 5.41) is 13.7. The Bertz CT molecular complexity index is 1670. The number of imide groups is 2. The number of hydrogen-bond acceptors (Lipinski definition) is 7. The lowest BCUT2D eigenvalue weighted by Crippen LogP contribution is -2.53. The molecule has 3 heterocycles. The summed E-state index contributed by atoms with van der Waals surface area (Å²) < 4.78 is 19.7. The first-order valence-electron chi connectivity index (χ1n) is 13.6. The number of aliphatic hydroxyl groups is 1. The number of benzene rings is 2. The normalized spacial score (nSPS) is 30.0. The van der Waals surface area contributed by atoms with Crippen LogP contribution in [0.3, 0.4) is 0 Å². The van der Waals surface area contributed by atoms with Gasteiger partial charge in [0.1, 0.15) is 29.4 Å². The van der Waals surface area contributed by atoms with Gasteiger partial charge in [-0.05, 0) is 72.9 Å². The Morgan fingerprint density at radius 3 is 2.43 bits per heavy atom. The fourth-order valence-electron chi connectivity index (χ4n) is 7.51. The average molecular weight is 590 g/mol. The van der Waals surface area contributed by atoms with E-state index in [-0.39, 0.29) is 24.7 Å². The van der Waals surface area contributed by atoms with Crippen LogP contribution in [0.2, 0.25) is 5.02 Å². The van der Waals surface area contributed by atoms with E-state index in [0.717, 1.165) is 10.6 Å². The molecule has 11 heteroatoms. The number of amides is 4. The first-order valence-corrected chi connectivity index (χ1v) is 14.0. The highest BCUT2D eigenvalue weighted by Crippen LogP contribution is 2.63. The van der Waals surface area contributed by atoms with Gasteiger partial charge in [-0.15, -0.1) is 0 Å². The summed E-state index contributed by atoms with van der Waals surface area (Å²) in [7, 11) is 0. The lowest BCUT2D eigenvalue weighted by atomic mass is 9.50. The summed E-state index contributed by atoms with van der Waals surface area (Å²) in [6.45, 7) is -0.376. The number of hydrogen-bond donors (Lipinski definition) is 3. The van der Waals surface area contributed by atoms with Crippen LogP contribution >= 0.6 is 11.6 Å². The highest BCUT2D eigenvalue weighted by atomic mass is 35.5. The molecule has 7 rings (SSSR count). The third-order valence-corrected chi connectivity index (χ3v) is 9.47. The molecule has 2 aliphatic heterocycles. The molecule has 3 N–H and O–H groups in total. The van der Waals surface area contributed by atoms with Crippen LogP contribution in [0.15, 0.2) is 76.7 Å². The van der Waals surface area contributed by atoms with Crippen molar-refractivity contribution in [3.63, 3.8) is 0 Å². The van der Waals surface area contributed by atoms with Crippen LogP contribution in [-0.2, 0) is 31.2 Å². The average Bonchev–Trinajstić information content (AvgIpc) is 3.64. The van der Waals surface area contributed by atoms with Crippen LogP contribution in [0.4, 0.5) is 10.1 Å². The van der Waals surface area contributed by atoms with Gasteiger partial charge in [0.05, 0.1) is 29.4 Å². The molecule has 214 valence electrons. The Morgan fingerprint density at radius 2 is 1.74 bits per heavy atom. The van der Waals surface area contributed by atoms with Crippen molar-refractivity contribution >= 4 is 40.9 Å².